The van der Waals surface area contributed by atoms with Crippen LogP contribution in [0, 0.1) is 11.3 Å². The van der Waals surface area contributed by atoms with Gasteiger partial charge in [0.1, 0.15) is 0 Å². The van der Waals surface area contributed by atoms with Crippen LogP contribution in [0.2, 0.25) is 18.1 Å². The lowest BCUT2D eigenvalue weighted by atomic mass is 9.84. The lowest BCUT2D eigenvalue weighted by molar-refractivity contribution is 0.0260. The van der Waals surface area contributed by atoms with Crippen LogP contribution in [0.4, 0.5) is 0 Å². The Morgan fingerprint density at radius 3 is 2.24 bits per heavy atom. The van der Waals surface area contributed by atoms with E-state index in [0.717, 1.165) is 19.3 Å². The van der Waals surface area contributed by atoms with Crippen molar-refractivity contribution in [2.24, 2.45) is 11.3 Å². The fourth-order valence-corrected chi connectivity index (χ4v) is 4.51. The van der Waals surface area contributed by atoms with Gasteiger partial charge in [-0.05, 0) is 36.9 Å². The maximum Gasteiger partial charge on any atom is 0.192 e. The zero-order chi connectivity index (χ0) is 16.5. The monoisotopic (exact) mass is 314 g/mol. The Balaban J connectivity index is 2.71. The van der Waals surface area contributed by atoms with Gasteiger partial charge in [0, 0.05) is 5.41 Å². The molecule has 0 unspecified atom stereocenters. The molecule has 1 aliphatic carbocycles. The zero-order valence-corrected chi connectivity index (χ0v) is 16.6. The summed E-state index contributed by atoms with van der Waals surface area (Å²) in [5.74, 6) is 0.490. The van der Waals surface area contributed by atoms with E-state index in [4.69, 9.17) is 4.43 Å². The molecule has 0 aliphatic heterocycles. The van der Waals surface area contributed by atoms with Gasteiger partial charge in [-0.2, -0.15) is 0 Å². The Morgan fingerprint density at radius 2 is 1.81 bits per heavy atom. The second-order valence-electron chi connectivity index (χ2n) is 8.85. The van der Waals surface area contributed by atoms with Crippen LogP contribution < -0.4 is 0 Å². The van der Waals surface area contributed by atoms with E-state index in [2.05, 4.69) is 54.6 Å². The number of rotatable bonds is 8. The van der Waals surface area contributed by atoms with Crippen LogP contribution >= 0.6 is 0 Å². The average molecular weight is 315 g/mol. The van der Waals surface area contributed by atoms with E-state index in [9.17, 15) is 5.11 Å². The first kappa shape index (κ1) is 19.2. The molecule has 126 valence electrons. The van der Waals surface area contributed by atoms with Crippen LogP contribution in [-0.4, -0.2) is 25.6 Å². The van der Waals surface area contributed by atoms with Crippen molar-refractivity contribution in [3.63, 3.8) is 0 Å². The maximum absolute atomic E-state index is 10.7. The Hall–Kier alpha value is 0.137. The van der Waals surface area contributed by atoms with Crippen molar-refractivity contribution >= 4 is 8.32 Å². The summed E-state index contributed by atoms with van der Waals surface area (Å²) < 4.78 is 6.60. The molecule has 1 saturated carbocycles. The molecule has 3 atom stereocenters. The third-order valence-corrected chi connectivity index (χ3v) is 10.5. The van der Waals surface area contributed by atoms with E-state index in [1.54, 1.807) is 0 Å². The van der Waals surface area contributed by atoms with Crippen molar-refractivity contribution in [2.45, 2.75) is 104 Å². The van der Waals surface area contributed by atoms with Crippen LogP contribution in [0.3, 0.4) is 0 Å². The molecule has 1 rings (SSSR count). The SMILES string of the molecule is CCCCC[C@@H](O)[C@]1(C(C)C)C[C@H]1O[Si](C)(C)C(C)(C)C. The lowest BCUT2D eigenvalue weighted by Gasteiger charge is -2.38. The van der Waals surface area contributed by atoms with Gasteiger partial charge >= 0.3 is 0 Å². The highest BCUT2D eigenvalue weighted by Crippen LogP contribution is 2.59. The predicted octanol–water partition coefficient (Wildman–Crippen LogP) is 5.36. The van der Waals surface area contributed by atoms with E-state index in [1.807, 2.05) is 0 Å². The normalized spacial score (nSPS) is 28.0. The molecule has 0 heterocycles. The van der Waals surface area contributed by atoms with Crippen molar-refractivity contribution < 1.29 is 9.53 Å². The highest BCUT2D eigenvalue weighted by molar-refractivity contribution is 6.74. The number of hydrogen-bond donors (Lipinski definition) is 1. The van der Waals surface area contributed by atoms with Crippen LogP contribution in [0.5, 0.6) is 0 Å². The minimum absolute atomic E-state index is 0.0171. The third-order valence-electron chi connectivity index (χ3n) is 6.00. The first-order valence-electron chi connectivity index (χ1n) is 8.85. The fourth-order valence-electron chi connectivity index (χ4n) is 3.15. The molecule has 0 aromatic heterocycles. The second kappa shape index (κ2) is 6.72. The molecule has 0 radical (unpaired) electrons. The summed E-state index contributed by atoms with van der Waals surface area (Å²) in [6, 6.07) is 0. The first-order chi connectivity index (χ1) is 9.49. The van der Waals surface area contributed by atoms with Crippen LogP contribution in [0.15, 0.2) is 0 Å². The minimum Gasteiger partial charge on any atom is -0.413 e. The molecule has 3 heteroatoms. The number of aliphatic hydroxyl groups excluding tert-OH is 1. The number of aliphatic hydroxyl groups is 1. The van der Waals surface area contributed by atoms with Gasteiger partial charge in [-0.3, -0.25) is 0 Å². The van der Waals surface area contributed by atoms with E-state index >= 15 is 0 Å². The summed E-state index contributed by atoms with van der Waals surface area (Å²) in [7, 11) is -1.74. The van der Waals surface area contributed by atoms with E-state index in [1.165, 1.54) is 12.8 Å². The summed E-state index contributed by atoms with van der Waals surface area (Å²) in [6.45, 7) is 18.2. The highest BCUT2D eigenvalue weighted by Gasteiger charge is 2.63. The molecule has 1 fully saturated rings. The van der Waals surface area contributed by atoms with Crippen molar-refractivity contribution in [1.82, 2.24) is 0 Å². The maximum atomic E-state index is 10.7. The van der Waals surface area contributed by atoms with Crippen LogP contribution in [0.25, 0.3) is 0 Å². The Bertz CT molecular complexity index is 333. The van der Waals surface area contributed by atoms with Gasteiger partial charge in [0.2, 0.25) is 0 Å². The van der Waals surface area contributed by atoms with Gasteiger partial charge in [0.25, 0.3) is 0 Å². The predicted molar refractivity (Wildman–Crippen MR) is 94.1 cm³/mol. The molecule has 0 amide bonds. The molecule has 0 aromatic rings. The third kappa shape index (κ3) is 4.11. The van der Waals surface area contributed by atoms with E-state index in [0.29, 0.717) is 5.92 Å². The Kier molecular flexibility index (Phi) is 6.14. The Labute approximate surface area is 133 Å². The molecule has 2 nitrogen and oxygen atoms in total. The van der Waals surface area contributed by atoms with Crippen molar-refractivity contribution in [1.29, 1.82) is 0 Å². The van der Waals surface area contributed by atoms with Gasteiger partial charge in [0.05, 0.1) is 12.2 Å². The van der Waals surface area contributed by atoms with E-state index < -0.39 is 8.32 Å². The molecule has 0 saturated heterocycles. The quantitative estimate of drug-likeness (QED) is 0.482. The zero-order valence-electron chi connectivity index (χ0n) is 15.6. The molecule has 1 aliphatic rings. The standard InChI is InChI=1S/C18H38O2Si/c1-9-10-11-12-15(19)18(14(2)3)13-16(18)20-21(7,8)17(4,5)6/h14-16,19H,9-13H2,1-8H3/t15-,16-,18-/m1/s1. The lowest BCUT2D eigenvalue weighted by Crippen LogP contribution is -2.43. The van der Waals surface area contributed by atoms with Crippen molar-refractivity contribution in [2.75, 3.05) is 0 Å². The molecule has 0 aromatic carbocycles. The van der Waals surface area contributed by atoms with Gasteiger partial charge in [-0.25, -0.2) is 0 Å². The summed E-state index contributed by atoms with van der Waals surface area (Å²) in [5, 5.41) is 11.0. The second-order valence-corrected chi connectivity index (χ2v) is 13.6. The average Bonchev–Trinajstić information content (AvgIpc) is 3.02. The molecular weight excluding hydrogens is 276 g/mol. The van der Waals surface area contributed by atoms with Crippen molar-refractivity contribution in [3.8, 4) is 0 Å². The highest BCUT2D eigenvalue weighted by atomic mass is 28.4. The number of hydrogen-bond acceptors (Lipinski definition) is 2. The van der Waals surface area contributed by atoms with Gasteiger partial charge in [-0.15, -0.1) is 0 Å². The van der Waals surface area contributed by atoms with Gasteiger partial charge < -0.3 is 9.53 Å². The molecular formula is C18H38O2Si. The van der Waals surface area contributed by atoms with Crippen LogP contribution in [0.1, 0.15) is 73.6 Å². The smallest absolute Gasteiger partial charge is 0.192 e. The summed E-state index contributed by atoms with van der Waals surface area (Å²) in [6.07, 6.45) is 5.63. The largest absolute Gasteiger partial charge is 0.413 e. The number of unbranched alkanes of at least 4 members (excludes halogenated alkanes) is 2. The van der Waals surface area contributed by atoms with Crippen LogP contribution in [-0.2, 0) is 4.43 Å². The molecule has 1 N–H and O–H groups in total. The van der Waals surface area contributed by atoms with Crippen molar-refractivity contribution in [3.05, 3.63) is 0 Å². The minimum atomic E-state index is -1.74. The van der Waals surface area contributed by atoms with E-state index in [-0.39, 0.29) is 22.7 Å². The topological polar surface area (TPSA) is 29.5 Å². The molecule has 0 spiro atoms. The molecule has 21 heavy (non-hydrogen) atoms. The fraction of sp³-hybridized carbons (Fsp3) is 1.00. The summed E-state index contributed by atoms with van der Waals surface area (Å²) in [5.41, 5.74) is 0.0171. The summed E-state index contributed by atoms with van der Waals surface area (Å²) >= 11 is 0. The van der Waals surface area contributed by atoms with Gasteiger partial charge in [0.15, 0.2) is 8.32 Å². The molecule has 0 bridgehead atoms. The Morgan fingerprint density at radius 1 is 1.24 bits per heavy atom. The first-order valence-corrected chi connectivity index (χ1v) is 11.8. The van der Waals surface area contributed by atoms with Gasteiger partial charge in [-0.1, -0.05) is 60.8 Å². The summed E-state index contributed by atoms with van der Waals surface area (Å²) in [4.78, 5) is 0.